The summed E-state index contributed by atoms with van der Waals surface area (Å²) in [6.45, 7) is 0.0843. The van der Waals surface area contributed by atoms with Crippen LogP contribution in [0, 0.1) is 11.6 Å². The molecule has 2 N–H and O–H groups in total. The average molecular weight is 279 g/mol. The van der Waals surface area contributed by atoms with Crippen molar-refractivity contribution in [2.75, 3.05) is 5.32 Å². The summed E-state index contributed by atoms with van der Waals surface area (Å²) < 4.78 is 26.5. The molecule has 1 aromatic carbocycles. The Bertz CT molecular complexity index is 573. The third kappa shape index (κ3) is 3.72. The van der Waals surface area contributed by atoms with Crippen LogP contribution in [0.5, 0.6) is 0 Å². The van der Waals surface area contributed by atoms with Crippen LogP contribution < -0.4 is 10.8 Å². The second-order valence-electron chi connectivity index (χ2n) is 3.80. The van der Waals surface area contributed by atoms with Crippen molar-refractivity contribution in [3.05, 3.63) is 59.9 Å². The molecule has 2 rings (SSSR count). The van der Waals surface area contributed by atoms with E-state index >= 15 is 0 Å². The van der Waals surface area contributed by atoms with Gasteiger partial charge in [0.05, 0.1) is 0 Å². The summed E-state index contributed by atoms with van der Waals surface area (Å²) >= 11 is 0. The molecule has 0 aliphatic rings. The van der Waals surface area contributed by atoms with Crippen molar-refractivity contribution in [2.24, 2.45) is 0 Å². The fraction of sp³-hybridized carbons (Fsp3) is 0.0769. The van der Waals surface area contributed by atoms with Gasteiger partial charge in [-0.3, -0.25) is 9.82 Å². The quantitative estimate of drug-likeness (QED) is 0.846. The molecule has 0 aliphatic heterocycles. The van der Waals surface area contributed by atoms with E-state index in [1.54, 1.807) is 24.5 Å². The number of carbonyl (C=O) groups is 1. The van der Waals surface area contributed by atoms with Crippen molar-refractivity contribution in [2.45, 2.75) is 6.61 Å². The molecule has 0 saturated heterocycles. The van der Waals surface area contributed by atoms with Crippen molar-refractivity contribution < 1.29 is 18.4 Å². The number of nitrogens with one attached hydrogen (secondary N) is 2. The number of hydroxylamine groups is 1. The number of urea groups is 1. The van der Waals surface area contributed by atoms with Gasteiger partial charge in [-0.25, -0.2) is 19.1 Å². The molecule has 2 amide bonds. The zero-order valence-electron chi connectivity index (χ0n) is 10.3. The SMILES string of the molecule is O=C(NOCc1cccnc1)Nc1c(F)cccc1F. The molecule has 0 aliphatic carbocycles. The molecule has 0 unspecified atom stereocenters. The van der Waals surface area contributed by atoms with E-state index in [0.717, 1.165) is 17.7 Å². The number of benzene rings is 1. The Morgan fingerprint density at radius 1 is 1.20 bits per heavy atom. The Labute approximate surface area is 113 Å². The first kappa shape index (κ1) is 13.9. The van der Waals surface area contributed by atoms with E-state index in [1.807, 2.05) is 10.8 Å². The highest BCUT2D eigenvalue weighted by molar-refractivity contribution is 5.88. The van der Waals surface area contributed by atoms with E-state index in [1.165, 1.54) is 6.07 Å². The molecule has 104 valence electrons. The highest BCUT2D eigenvalue weighted by Gasteiger charge is 2.11. The van der Waals surface area contributed by atoms with Crippen LogP contribution in [0.4, 0.5) is 19.3 Å². The maximum absolute atomic E-state index is 13.3. The van der Waals surface area contributed by atoms with Gasteiger partial charge in [0.15, 0.2) is 0 Å². The predicted octanol–water partition coefficient (Wildman–Crippen LogP) is 2.61. The summed E-state index contributed by atoms with van der Waals surface area (Å²) in [5.74, 6) is -1.74. The number of pyridine rings is 1. The van der Waals surface area contributed by atoms with Crippen LogP contribution in [0.15, 0.2) is 42.7 Å². The Balaban J connectivity index is 1.84. The molecule has 1 heterocycles. The van der Waals surface area contributed by atoms with Crippen molar-refractivity contribution in [3.8, 4) is 0 Å². The summed E-state index contributed by atoms with van der Waals surface area (Å²) in [7, 11) is 0. The minimum atomic E-state index is -0.877. The van der Waals surface area contributed by atoms with E-state index in [9.17, 15) is 13.6 Å². The first-order valence-electron chi connectivity index (χ1n) is 5.68. The number of hydrogen-bond acceptors (Lipinski definition) is 3. The Morgan fingerprint density at radius 3 is 2.60 bits per heavy atom. The molecule has 20 heavy (non-hydrogen) atoms. The molecule has 5 nitrogen and oxygen atoms in total. The van der Waals surface area contributed by atoms with Crippen LogP contribution in [0.25, 0.3) is 0 Å². The normalized spacial score (nSPS) is 10.1. The Morgan fingerprint density at radius 2 is 1.95 bits per heavy atom. The lowest BCUT2D eigenvalue weighted by Crippen LogP contribution is -2.29. The number of nitrogens with zero attached hydrogens (tertiary/aromatic N) is 1. The molecule has 0 spiro atoms. The number of halogens is 2. The molecule has 2 aromatic rings. The van der Waals surface area contributed by atoms with E-state index in [4.69, 9.17) is 4.84 Å². The molecule has 0 atom stereocenters. The van der Waals surface area contributed by atoms with Crippen molar-refractivity contribution in [3.63, 3.8) is 0 Å². The van der Waals surface area contributed by atoms with Gasteiger partial charge < -0.3 is 5.32 Å². The number of para-hydroxylation sites is 1. The second-order valence-corrected chi connectivity index (χ2v) is 3.80. The van der Waals surface area contributed by atoms with Crippen LogP contribution in [-0.2, 0) is 11.4 Å². The lowest BCUT2D eigenvalue weighted by atomic mass is 10.3. The van der Waals surface area contributed by atoms with Crippen molar-refractivity contribution in [1.82, 2.24) is 10.5 Å². The van der Waals surface area contributed by atoms with E-state index in [0.29, 0.717) is 0 Å². The Hall–Kier alpha value is -2.54. The van der Waals surface area contributed by atoms with E-state index in [-0.39, 0.29) is 6.61 Å². The van der Waals surface area contributed by atoms with Gasteiger partial charge in [-0.1, -0.05) is 12.1 Å². The van der Waals surface area contributed by atoms with Gasteiger partial charge in [0.2, 0.25) is 0 Å². The largest absolute Gasteiger partial charge is 0.343 e. The van der Waals surface area contributed by atoms with Crippen LogP contribution in [-0.4, -0.2) is 11.0 Å². The zero-order valence-corrected chi connectivity index (χ0v) is 10.3. The third-order valence-corrected chi connectivity index (χ3v) is 2.33. The lowest BCUT2D eigenvalue weighted by molar-refractivity contribution is 0.0534. The second kappa shape index (κ2) is 6.58. The first-order chi connectivity index (χ1) is 9.66. The van der Waals surface area contributed by atoms with Gasteiger partial charge in [-0.05, 0) is 23.8 Å². The van der Waals surface area contributed by atoms with E-state index < -0.39 is 23.4 Å². The standard InChI is InChI=1S/C13H11F2N3O2/c14-10-4-1-5-11(15)12(10)17-13(19)18-20-8-9-3-2-6-16-7-9/h1-7H,8H2,(H2,17,18,19). The fourth-order valence-corrected chi connectivity index (χ4v) is 1.42. The highest BCUT2D eigenvalue weighted by Crippen LogP contribution is 2.17. The number of anilines is 1. The van der Waals surface area contributed by atoms with Crippen molar-refractivity contribution in [1.29, 1.82) is 0 Å². The highest BCUT2D eigenvalue weighted by atomic mass is 19.1. The zero-order chi connectivity index (χ0) is 14.4. The molecule has 0 radical (unpaired) electrons. The molecular formula is C13H11F2N3O2. The first-order valence-corrected chi connectivity index (χ1v) is 5.68. The molecule has 0 fully saturated rings. The fourth-order valence-electron chi connectivity index (χ4n) is 1.42. The van der Waals surface area contributed by atoms with Crippen LogP contribution in [0.3, 0.4) is 0 Å². The topological polar surface area (TPSA) is 63.2 Å². The number of amides is 2. The molecule has 7 heteroatoms. The van der Waals surface area contributed by atoms with E-state index in [2.05, 4.69) is 4.98 Å². The molecular weight excluding hydrogens is 268 g/mol. The van der Waals surface area contributed by atoms with Gasteiger partial charge in [0, 0.05) is 12.4 Å². The number of carbonyl (C=O) groups excluding carboxylic acids is 1. The smallest absolute Gasteiger partial charge is 0.301 e. The lowest BCUT2D eigenvalue weighted by Gasteiger charge is -2.09. The number of rotatable bonds is 4. The summed E-state index contributed by atoms with van der Waals surface area (Å²) in [6.07, 6.45) is 3.17. The van der Waals surface area contributed by atoms with Gasteiger partial charge in [0.1, 0.15) is 23.9 Å². The number of hydrogen-bond donors (Lipinski definition) is 2. The van der Waals surface area contributed by atoms with Gasteiger partial charge in [0.25, 0.3) is 0 Å². The van der Waals surface area contributed by atoms with Gasteiger partial charge in [-0.15, -0.1) is 0 Å². The molecule has 0 bridgehead atoms. The monoisotopic (exact) mass is 279 g/mol. The maximum atomic E-state index is 13.3. The maximum Gasteiger partial charge on any atom is 0.343 e. The Kier molecular flexibility index (Phi) is 4.56. The summed E-state index contributed by atoms with van der Waals surface area (Å²) in [4.78, 5) is 20.2. The van der Waals surface area contributed by atoms with Crippen LogP contribution >= 0.6 is 0 Å². The number of aromatic nitrogens is 1. The summed E-state index contributed by atoms with van der Waals surface area (Å²) in [6, 6.07) is 5.87. The van der Waals surface area contributed by atoms with Crippen LogP contribution in [0.1, 0.15) is 5.56 Å². The molecule has 0 saturated carbocycles. The van der Waals surface area contributed by atoms with Gasteiger partial charge in [-0.2, -0.15) is 0 Å². The summed E-state index contributed by atoms with van der Waals surface area (Å²) in [5, 5.41) is 2.02. The average Bonchev–Trinajstić information content (AvgIpc) is 2.44. The molecule has 1 aromatic heterocycles. The summed E-state index contributed by atoms with van der Waals surface area (Å²) in [5.41, 5.74) is 2.23. The van der Waals surface area contributed by atoms with Crippen LogP contribution in [0.2, 0.25) is 0 Å². The van der Waals surface area contributed by atoms with Crippen molar-refractivity contribution >= 4 is 11.7 Å². The van der Waals surface area contributed by atoms with Gasteiger partial charge >= 0.3 is 6.03 Å². The minimum Gasteiger partial charge on any atom is -0.301 e. The third-order valence-electron chi connectivity index (χ3n) is 2.33. The predicted molar refractivity (Wildman–Crippen MR) is 67.5 cm³/mol. The minimum absolute atomic E-state index is 0.0843.